The molecule has 6 nitrogen and oxygen atoms in total. The van der Waals surface area contributed by atoms with Crippen LogP contribution in [0.2, 0.25) is 18.1 Å². The number of carboxylic acid groups (broad SMARTS) is 1. The largest absolute Gasteiger partial charge is 0.469 e. The summed E-state index contributed by atoms with van der Waals surface area (Å²) in [6.07, 6.45) is 6.29. The number of ether oxygens (including phenoxy) is 1. The van der Waals surface area contributed by atoms with E-state index in [1.165, 1.54) is 7.11 Å². The highest BCUT2D eigenvalue weighted by atomic mass is 28.4. The molecule has 1 aliphatic heterocycles. The lowest BCUT2D eigenvalue weighted by atomic mass is 9.68. The number of unbranched alkanes of at least 4 members (excludes halogenated alkanes) is 1. The molecule has 0 aromatic heterocycles. The molecule has 1 fully saturated rings. The van der Waals surface area contributed by atoms with Gasteiger partial charge >= 0.3 is 12.1 Å². The van der Waals surface area contributed by atoms with Crippen molar-refractivity contribution in [3.8, 4) is 0 Å². The van der Waals surface area contributed by atoms with Crippen LogP contribution in [0, 0.1) is 5.41 Å². The topological polar surface area (TPSA) is 76.1 Å². The number of amides is 1. The summed E-state index contributed by atoms with van der Waals surface area (Å²) in [5.74, 6) is -0.203. The van der Waals surface area contributed by atoms with E-state index in [0.717, 1.165) is 12.8 Å². The Morgan fingerprint density at radius 1 is 1.17 bits per heavy atom. The summed E-state index contributed by atoms with van der Waals surface area (Å²) in [6.45, 7) is 17.9. The van der Waals surface area contributed by atoms with Gasteiger partial charge in [-0.05, 0) is 49.2 Å². The molecule has 1 unspecified atom stereocenters. The van der Waals surface area contributed by atoms with Crippen molar-refractivity contribution >= 4 is 20.4 Å². The summed E-state index contributed by atoms with van der Waals surface area (Å²) in [7, 11) is -0.677. The summed E-state index contributed by atoms with van der Waals surface area (Å²) in [5, 5.41) is 10.1. The van der Waals surface area contributed by atoms with Crippen LogP contribution >= 0.6 is 0 Å². The molecule has 0 bridgehead atoms. The van der Waals surface area contributed by atoms with Gasteiger partial charge in [0.2, 0.25) is 0 Å². The Balaban J connectivity index is 3.16. The van der Waals surface area contributed by atoms with Crippen LogP contribution < -0.4 is 0 Å². The first-order valence-corrected chi connectivity index (χ1v) is 13.9. The van der Waals surface area contributed by atoms with Gasteiger partial charge < -0.3 is 14.3 Å². The molecule has 1 saturated heterocycles. The molecule has 1 aliphatic rings. The van der Waals surface area contributed by atoms with E-state index in [1.807, 2.05) is 0 Å². The van der Waals surface area contributed by atoms with Crippen molar-refractivity contribution in [3.05, 3.63) is 12.2 Å². The Morgan fingerprint density at radius 3 is 2.23 bits per heavy atom. The Bertz CT molecular complexity index is 632. The van der Waals surface area contributed by atoms with Gasteiger partial charge in [0.25, 0.3) is 0 Å². The standard InChI is InChI=1S/C23H43NO5Si/c1-21(2,3)23(16-13-11-10-12-14-19(25)28-7)18(15-17-24(23)20(26)27)29-30(8,9)22(4,5)6/h11,13,18H,10,12,14-17H2,1-9H3,(H,26,27)/t18?,23-/m0/s1. The molecule has 174 valence electrons. The maximum Gasteiger partial charge on any atom is 0.407 e. The third-order valence-electron chi connectivity index (χ3n) is 6.98. The molecule has 2 atom stereocenters. The zero-order chi connectivity index (χ0) is 23.4. The first-order valence-electron chi connectivity index (χ1n) is 11.0. The summed E-state index contributed by atoms with van der Waals surface area (Å²) >= 11 is 0. The van der Waals surface area contributed by atoms with Crippen LogP contribution in [0.25, 0.3) is 0 Å². The molecule has 0 aliphatic carbocycles. The van der Waals surface area contributed by atoms with Crippen LogP contribution in [0.5, 0.6) is 0 Å². The van der Waals surface area contributed by atoms with Gasteiger partial charge in [0.05, 0.1) is 18.8 Å². The second-order valence-corrected chi connectivity index (χ2v) is 15.7. The molecule has 7 heteroatoms. The van der Waals surface area contributed by atoms with Crippen LogP contribution in [0.4, 0.5) is 4.79 Å². The molecule has 0 spiro atoms. The Morgan fingerprint density at radius 2 is 1.77 bits per heavy atom. The summed E-state index contributed by atoms with van der Waals surface area (Å²) in [5.41, 5.74) is -0.932. The van der Waals surface area contributed by atoms with E-state index in [0.29, 0.717) is 25.8 Å². The average Bonchev–Trinajstić information content (AvgIpc) is 2.95. The second kappa shape index (κ2) is 9.85. The molecule has 1 N–H and O–H groups in total. The van der Waals surface area contributed by atoms with Gasteiger partial charge in [-0.1, -0.05) is 53.7 Å². The van der Waals surface area contributed by atoms with Crippen molar-refractivity contribution in [2.75, 3.05) is 13.7 Å². The number of esters is 1. The molecular formula is C23H43NO5Si. The smallest absolute Gasteiger partial charge is 0.407 e. The minimum absolute atomic E-state index is 0.0526. The molecule has 30 heavy (non-hydrogen) atoms. The number of hydrogen-bond acceptors (Lipinski definition) is 4. The normalized spacial score (nSPS) is 23.2. The SMILES string of the molecule is COC(=O)CCCC=CC[C@@]1(C(C)(C)C)C(O[Si](C)(C)C(C)(C)C)CCN1C(=O)O. The quantitative estimate of drug-likeness (QED) is 0.222. The minimum Gasteiger partial charge on any atom is -0.469 e. The lowest BCUT2D eigenvalue weighted by Gasteiger charge is -2.52. The molecular weight excluding hydrogens is 398 g/mol. The van der Waals surface area contributed by atoms with E-state index in [4.69, 9.17) is 4.43 Å². The van der Waals surface area contributed by atoms with Gasteiger partial charge in [0.1, 0.15) is 0 Å². The molecule has 0 aromatic rings. The van der Waals surface area contributed by atoms with Crippen LogP contribution in [0.15, 0.2) is 12.2 Å². The minimum atomic E-state index is -2.07. The first-order chi connectivity index (χ1) is 13.6. The summed E-state index contributed by atoms with van der Waals surface area (Å²) in [4.78, 5) is 25.1. The molecule has 1 rings (SSSR count). The fourth-order valence-corrected chi connectivity index (χ4v) is 5.47. The number of hydrogen-bond donors (Lipinski definition) is 1. The number of carbonyl (C=O) groups is 2. The molecule has 0 saturated carbocycles. The highest BCUT2D eigenvalue weighted by molar-refractivity contribution is 6.74. The Hall–Kier alpha value is -1.34. The highest BCUT2D eigenvalue weighted by Crippen LogP contribution is 2.50. The lowest BCUT2D eigenvalue weighted by Crippen LogP contribution is -2.63. The predicted molar refractivity (Wildman–Crippen MR) is 123 cm³/mol. The fourth-order valence-electron chi connectivity index (χ4n) is 4.10. The fraction of sp³-hybridized carbons (Fsp3) is 0.826. The van der Waals surface area contributed by atoms with Crippen LogP contribution in [-0.2, 0) is 14.0 Å². The van der Waals surface area contributed by atoms with Crippen molar-refractivity contribution in [2.24, 2.45) is 5.41 Å². The number of methoxy groups -OCH3 is 1. The maximum atomic E-state index is 12.2. The third-order valence-corrected chi connectivity index (χ3v) is 11.5. The predicted octanol–water partition coefficient (Wildman–Crippen LogP) is 5.84. The van der Waals surface area contributed by atoms with E-state index >= 15 is 0 Å². The summed E-state index contributed by atoms with van der Waals surface area (Å²) in [6, 6.07) is 0. The van der Waals surface area contributed by atoms with Crippen molar-refractivity contribution in [3.63, 3.8) is 0 Å². The first kappa shape index (κ1) is 26.7. The van der Waals surface area contributed by atoms with E-state index in [2.05, 4.69) is 71.5 Å². The Labute approximate surface area is 184 Å². The second-order valence-electron chi connectivity index (χ2n) is 10.9. The number of nitrogens with zero attached hydrogens (tertiary/aromatic N) is 1. The van der Waals surface area contributed by atoms with Gasteiger partial charge in [-0.3, -0.25) is 9.69 Å². The Kier molecular flexibility index (Phi) is 8.77. The van der Waals surface area contributed by atoms with Gasteiger partial charge in [0, 0.05) is 13.0 Å². The molecule has 1 amide bonds. The van der Waals surface area contributed by atoms with Gasteiger partial charge in [-0.15, -0.1) is 0 Å². The van der Waals surface area contributed by atoms with Gasteiger partial charge in [-0.25, -0.2) is 4.79 Å². The van der Waals surface area contributed by atoms with Crippen molar-refractivity contribution in [2.45, 2.75) is 103 Å². The van der Waals surface area contributed by atoms with Crippen molar-refractivity contribution in [1.29, 1.82) is 0 Å². The maximum absolute atomic E-state index is 12.2. The van der Waals surface area contributed by atoms with Gasteiger partial charge in [0.15, 0.2) is 8.32 Å². The summed E-state index contributed by atoms with van der Waals surface area (Å²) < 4.78 is 11.5. The van der Waals surface area contributed by atoms with Crippen LogP contribution in [0.1, 0.15) is 73.6 Å². The van der Waals surface area contributed by atoms with Crippen molar-refractivity contribution < 1.29 is 23.9 Å². The lowest BCUT2D eigenvalue weighted by molar-refractivity contribution is -0.140. The zero-order valence-electron chi connectivity index (χ0n) is 20.5. The zero-order valence-corrected chi connectivity index (χ0v) is 21.5. The number of likely N-dealkylation sites (tertiary alicyclic amines) is 1. The van der Waals surface area contributed by atoms with E-state index < -0.39 is 19.9 Å². The van der Waals surface area contributed by atoms with E-state index in [9.17, 15) is 14.7 Å². The number of allylic oxidation sites excluding steroid dienone is 1. The van der Waals surface area contributed by atoms with Crippen LogP contribution in [-0.4, -0.2) is 55.7 Å². The number of rotatable bonds is 8. The monoisotopic (exact) mass is 441 g/mol. The van der Waals surface area contributed by atoms with E-state index in [1.54, 1.807) is 4.90 Å². The molecule has 0 radical (unpaired) electrons. The highest BCUT2D eigenvalue weighted by Gasteiger charge is 2.59. The van der Waals surface area contributed by atoms with Crippen LogP contribution in [0.3, 0.4) is 0 Å². The number of carbonyl (C=O) groups excluding carboxylic acids is 1. The van der Waals surface area contributed by atoms with E-state index in [-0.39, 0.29) is 22.5 Å². The molecule has 1 heterocycles. The average molecular weight is 442 g/mol. The third kappa shape index (κ3) is 5.87. The van der Waals surface area contributed by atoms with Crippen molar-refractivity contribution in [1.82, 2.24) is 4.90 Å². The van der Waals surface area contributed by atoms with Gasteiger partial charge in [-0.2, -0.15) is 0 Å². The molecule has 0 aromatic carbocycles.